The highest BCUT2D eigenvalue weighted by atomic mass is 16.5. The predicted octanol–water partition coefficient (Wildman–Crippen LogP) is 2.91. The molecule has 1 saturated carbocycles. The standard InChI is InChI=1S/C16H18O3/c1-19-11-4-5-13-12(10-11)15(18)14(6-9-17)16(13)7-2-3-8-16/h4-5,9-10,14H,2-3,6-8H2,1H3. The summed E-state index contributed by atoms with van der Waals surface area (Å²) in [6.45, 7) is 0. The first kappa shape index (κ1) is 12.4. The summed E-state index contributed by atoms with van der Waals surface area (Å²) in [5.74, 6) is 0.685. The minimum Gasteiger partial charge on any atom is -0.497 e. The molecule has 1 fully saturated rings. The fourth-order valence-corrected chi connectivity index (χ4v) is 3.97. The molecule has 0 aliphatic heterocycles. The van der Waals surface area contributed by atoms with Crippen LogP contribution in [0.4, 0.5) is 0 Å². The second-order valence-electron chi connectivity index (χ2n) is 5.59. The van der Waals surface area contributed by atoms with Crippen molar-refractivity contribution in [1.29, 1.82) is 0 Å². The van der Waals surface area contributed by atoms with Crippen LogP contribution in [-0.2, 0) is 10.2 Å². The van der Waals surface area contributed by atoms with Crippen molar-refractivity contribution in [2.24, 2.45) is 5.92 Å². The molecule has 0 bridgehead atoms. The number of fused-ring (bicyclic) bond motifs is 2. The average molecular weight is 258 g/mol. The van der Waals surface area contributed by atoms with Gasteiger partial charge in [0.2, 0.25) is 0 Å². The summed E-state index contributed by atoms with van der Waals surface area (Å²) < 4.78 is 5.21. The third-order valence-corrected chi connectivity index (χ3v) is 4.84. The summed E-state index contributed by atoms with van der Waals surface area (Å²) in [6, 6.07) is 5.79. The Balaban J connectivity index is 2.13. The van der Waals surface area contributed by atoms with Crippen molar-refractivity contribution in [3.63, 3.8) is 0 Å². The van der Waals surface area contributed by atoms with Crippen LogP contribution in [0.25, 0.3) is 0 Å². The Hall–Kier alpha value is -1.64. The summed E-state index contributed by atoms with van der Waals surface area (Å²) >= 11 is 0. The quantitative estimate of drug-likeness (QED) is 0.783. The molecule has 3 rings (SSSR count). The van der Waals surface area contributed by atoms with Gasteiger partial charge in [0.25, 0.3) is 0 Å². The van der Waals surface area contributed by atoms with E-state index in [2.05, 4.69) is 0 Å². The van der Waals surface area contributed by atoms with E-state index in [1.54, 1.807) is 7.11 Å². The monoisotopic (exact) mass is 258 g/mol. The van der Waals surface area contributed by atoms with Gasteiger partial charge in [-0.15, -0.1) is 0 Å². The Morgan fingerprint density at radius 3 is 2.74 bits per heavy atom. The van der Waals surface area contributed by atoms with Crippen LogP contribution in [0.15, 0.2) is 18.2 Å². The zero-order chi connectivity index (χ0) is 13.5. The Labute approximate surface area is 113 Å². The molecular weight excluding hydrogens is 240 g/mol. The van der Waals surface area contributed by atoms with E-state index in [-0.39, 0.29) is 17.1 Å². The Morgan fingerprint density at radius 2 is 2.11 bits per heavy atom. The lowest BCUT2D eigenvalue weighted by Crippen LogP contribution is -2.31. The molecular formula is C16H18O3. The number of rotatable bonds is 3. The van der Waals surface area contributed by atoms with Crippen LogP contribution in [0.2, 0.25) is 0 Å². The van der Waals surface area contributed by atoms with Gasteiger partial charge >= 0.3 is 0 Å². The van der Waals surface area contributed by atoms with Crippen molar-refractivity contribution >= 4 is 12.1 Å². The summed E-state index contributed by atoms with van der Waals surface area (Å²) in [4.78, 5) is 23.5. The molecule has 1 aromatic rings. The Kier molecular flexibility index (Phi) is 2.92. The maximum Gasteiger partial charge on any atom is 0.167 e. The van der Waals surface area contributed by atoms with Crippen LogP contribution in [0.3, 0.4) is 0 Å². The van der Waals surface area contributed by atoms with Crippen LogP contribution in [0, 0.1) is 5.92 Å². The zero-order valence-electron chi connectivity index (χ0n) is 11.1. The molecule has 1 spiro atoms. The molecule has 1 atom stereocenters. The number of ketones is 1. The number of aldehydes is 1. The normalized spacial score (nSPS) is 23.6. The SMILES string of the molecule is COc1ccc2c(c1)C(=O)C(CC=O)C21CCCC1. The molecule has 3 heteroatoms. The van der Waals surface area contributed by atoms with Gasteiger partial charge < -0.3 is 9.53 Å². The van der Waals surface area contributed by atoms with Gasteiger partial charge in [-0.25, -0.2) is 0 Å². The van der Waals surface area contributed by atoms with E-state index in [4.69, 9.17) is 4.74 Å². The largest absolute Gasteiger partial charge is 0.497 e. The van der Waals surface area contributed by atoms with Crippen LogP contribution in [0.1, 0.15) is 48.0 Å². The highest BCUT2D eigenvalue weighted by molar-refractivity contribution is 6.05. The molecule has 2 aliphatic carbocycles. The van der Waals surface area contributed by atoms with Crippen LogP contribution < -0.4 is 4.74 Å². The van der Waals surface area contributed by atoms with E-state index in [9.17, 15) is 9.59 Å². The molecule has 0 radical (unpaired) electrons. The van der Waals surface area contributed by atoms with Gasteiger partial charge in [-0.3, -0.25) is 4.79 Å². The molecule has 3 nitrogen and oxygen atoms in total. The summed E-state index contributed by atoms with van der Waals surface area (Å²) in [6.07, 6.45) is 5.58. The molecule has 2 aliphatic rings. The van der Waals surface area contributed by atoms with Gasteiger partial charge in [-0.1, -0.05) is 18.9 Å². The molecule has 0 aromatic heterocycles. The second-order valence-corrected chi connectivity index (χ2v) is 5.59. The van der Waals surface area contributed by atoms with Crippen molar-refractivity contribution < 1.29 is 14.3 Å². The number of carbonyl (C=O) groups excluding carboxylic acids is 2. The Morgan fingerprint density at radius 1 is 1.37 bits per heavy atom. The van der Waals surface area contributed by atoms with E-state index in [0.717, 1.165) is 43.1 Å². The number of benzene rings is 1. The number of ether oxygens (including phenoxy) is 1. The van der Waals surface area contributed by atoms with Crippen molar-refractivity contribution in [1.82, 2.24) is 0 Å². The number of methoxy groups -OCH3 is 1. The van der Waals surface area contributed by atoms with Gasteiger partial charge in [0.05, 0.1) is 7.11 Å². The van der Waals surface area contributed by atoms with E-state index in [1.165, 1.54) is 0 Å². The van der Waals surface area contributed by atoms with Crippen molar-refractivity contribution in [3.05, 3.63) is 29.3 Å². The predicted molar refractivity (Wildman–Crippen MR) is 71.6 cm³/mol. The summed E-state index contributed by atoms with van der Waals surface area (Å²) in [5.41, 5.74) is 1.83. The van der Waals surface area contributed by atoms with Gasteiger partial charge in [-0.05, 0) is 30.5 Å². The van der Waals surface area contributed by atoms with Crippen molar-refractivity contribution in [2.45, 2.75) is 37.5 Å². The molecule has 100 valence electrons. The molecule has 0 heterocycles. The number of carbonyl (C=O) groups is 2. The lowest BCUT2D eigenvalue weighted by atomic mass is 9.72. The van der Waals surface area contributed by atoms with Crippen LogP contribution in [0.5, 0.6) is 5.75 Å². The molecule has 19 heavy (non-hydrogen) atoms. The minimum atomic E-state index is -0.158. The lowest BCUT2D eigenvalue weighted by Gasteiger charge is -2.30. The minimum absolute atomic E-state index is 0.0837. The summed E-state index contributed by atoms with van der Waals surface area (Å²) in [5, 5.41) is 0. The molecule has 1 unspecified atom stereocenters. The number of Topliss-reactive ketones (excluding diaryl/α,β-unsaturated/α-hetero) is 1. The maximum absolute atomic E-state index is 12.6. The fraction of sp³-hybridized carbons (Fsp3) is 0.500. The third-order valence-electron chi connectivity index (χ3n) is 4.84. The second kappa shape index (κ2) is 4.48. The zero-order valence-corrected chi connectivity index (χ0v) is 11.1. The number of hydrogen-bond acceptors (Lipinski definition) is 3. The van der Waals surface area contributed by atoms with Crippen LogP contribution in [-0.4, -0.2) is 19.2 Å². The van der Waals surface area contributed by atoms with Gasteiger partial charge in [-0.2, -0.15) is 0 Å². The van der Waals surface area contributed by atoms with Gasteiger partial charge in [0.15, 0.2) is 5.78 Å². The number of hydrogen-bond donors (Lipinski definition) is 0. The average Bonchev–Trinajstić information content (AvgIpc) is 3.00. The third kappa shape index (κ3) is 1.64. The van der Waals surface area contributed by atoms with E-state index >= 15 is 0 Å². The van der Waals surface area contributed by atoms with Crippen molar-refractivity contribution in [2.75, 3.05) is 7.11 Å². The van der Waals surface area contributed by atoms with E-state index in [0.29, 0.717) is 12.2 Å². The highest BCUT2D eigenvalue weighted by Gasteiger charge is 2.52. The molecule has 1 aromatic carbocycles. The van der Waals surface area contributed by atoms with Gasteiger partial charge in [0, 0.05) is 23.3 Å². The highest BCUT2D eigenvalue weighted by Crippen LogP contribution is 2.54. The van der Waals surface area contributed by atoms with E-state index < -0.39 is 0 Å². The smallest absolute Gasteiger partial charge is 0.167 e. The Bertz CT molecular complexity index is 527. The topological polar surface area (TPSA) is 43.4 Å². The summed E-state index contributed by atoms with van der Waals surface area (Å²) in [7, 11) is 1.61. The van der Waals surface area contributed by atoms with Crippen molar-refractivity contribution in [3.8, 4) is 5.75 Å². The lowest BCUT2D eigenvalue weighted by molar-refractivity contribution is -0.108. The first-order chi connectivity index (χ1) is 9.23. The maximum atomic E-state index is 12.6. The fourth-order valence-electron chi connectivity index (χ4n) is 3.97. The molecule has 0 saturated heterocycles. The van der Waals surface area contributed by atoms with Gasteiger partial charge in [0.1, 0.15) is 12.0 Å². The first-order valence-corrected chi connectivity index (χ1v) is 6.89. The first-order valence-electron chi connectivity index (χ1n) is 6.89. The molecule has 0 N–H and O–H groups in total. The molecule has 0 amide bonds. The van der Waals surface area contributed by atoms with Crippen LogP contribution >= 0.6 is 0 Å². The van der Waals surface area contributed by atoms with E-state index in [1.807, 2.05) is 18.2 Å².